The topological polar surface area (TPSA) is 76.0 Å². The third kappa shape index (κ3) is 2.70. The van der Waals surface area contributed by atoms with Crippen molar-refractivity contribution in [3.63, 3.8) is 0 Å². The fraction of sp³-hybridized carbons (Fsp3) is 0.824. The van der Waals surface area contributed by atoms with E-state index in [0.717, 1.165) is 38.5 Å². The first-order chi connectivity index (χ1) is 10.6. The van der Waals surface area contributed by atoms with E-state index in [0.29, 0.717) is 25.0 Å². The molecule has 6 unspecified atom stereocenters. The highest BCUT2D eigenvalue weighted by molar-refractivity contribution is 5.81. The van der Waals surface area contributed by atoms with Crippen molar-refractivity contribution in [2.45, 2.75) is 56.3 Å². The summed E-state index contributed by atoms with van der Waals surface area (Å²) < 4.78 is 11.2. The maximum Gasteiger partial charge on any atom is 0.330 e. The van der Waals surface area contributed by atoms with Gasteiger partial charge in [-0.25, -0.2) is 4.79 Å². The summed E-state index contributed by atoms with van der Waals surface area (Å²) in [6.45, 7) is 4.35. The molecule has 3 aliphatic rings. The molecule has 22 heavy (non-hydrogen) atoms. The van der Waals surface area contributed by atoms with Crippen molar-refractivity contribution in [3.8, 4) is 0 Å². The molecule has 3 aliphatic carbocycles. The standard InChI is InChI=1S/C17H26O5/c1-2-14(19)21-7-3-4-8-22-17-6-5-11(10-17)12-9-13(18)16(20)15(12)17/h2,11-13,15-16,18,20H,1,3-10H2. The highest BCUT2D eigenvalue weighted by atomic mass is 16.5. The number of esters is 1. The maximum absolute atomic E-state index is 10.9. The van der Waals surface area contributed by atoms with Crippen molar-refractivity contribution in [1.29, 1.82) is 0 Å². The average molecular weight is 310 g/mol. The number of unbranched alkanes of at least 4 members (excludes halogenated alkanes) is 1. The number of rotatable bonds is 7. The Labute approximate surface area is 131 Å². The molecule has 2 bridgehead atoms. The summed E-state index contributed by atoms with van der Waals surface area (Å²) in [6.07, 6.45) is 5.42. The Morgan fingerprint density at radius 3 is 2.86 bits per heavy atom. The predicted molar refractivity (Wildman–Crippen MR) is 80.0 cm³/mol. The van der Waals surface area contributed by atoms with Crippen LogP contribution in [0.25, 0.3) is 0 Å². The molecule has 0 amide bonds. The monoisotopic (exact) mass is 310 g/mol. The zero-order chi connectivity index (χ0) is 15.7. The van der Waals surface area contributed by atoms with E-state index >= 15 is 0 Å². The molecule has 0 aromatic rings. The zero-order valence-electron chi connectivity index (χ0n) is 12.9. The normalized spacial score (nSPS) is 42.4. The van der Waals surface area contributed by atoms with E-state index in [9.17, 15) is 15.0 Å². The van der Waals surface area contributed by atoms with Crippen molar-refractivity contribution in [1.82, 2.24) is 0 Å². The molecule has 3 rings (SSSR count). The average Bonchev–Trinajstić information content (AvgIpc) is 3.14. The van der Waals surface area contributed by atoms with Crippen LogP contribution in [0.2, 0.25) is 0 Å². The fourth-order valence-corrected chi connectivity index (χ4v) is 4.93. The molecule has 124 valence electrons. The Balaban J connectivity index is 1.46. The first-order valence-electron chi connectivity index (χ1n) is 8.37. The van der Waals surface area contributed by atoms with E-state index in [-0.39, 0.29) is 17.5 Å². The Kier molecular flexibility index (Phi) is 4.57. The first kappa shape index (κ1) is 16.0. The van der Waals surface area contributed by atoms with Gasteiger partial charge in [0.1, 0.15) is 0 Å². The van der Waals surface area contributed by atoms with E-state index in [4.69, 9.17) is 9.47 Å². The summed E-state index contributed by atoms with van der Waals surface area (Å²) in [6, 6.07) is 0. The van der Waals surface area contributed by atoms with Crippen LogP contribution in [0.15, 0.2) is 12.7 Å². The van der Waals surface area contributed by atoms with Crippen LogP contribution >= 0.6 is 0 Å². The first-order valence-corrected chi connectivity index (χ1v) is 8.37. The summed E-state index contributed by atoms with van der Waals surface area (Å²) in [5.74, 6) is 0.734. The van der Waals surface area contributed by atoms with Gasteiger partial charge in [0.15, 0.2) is 0 Å². The van der Waals surface area contributed by atoms with Gasteiger partial charge in [0.05, 0.1) is 24.4 Å². The van der Waals surface area contributed by atoms with Gasteiger partial charge in [-0.05, 0) is 50.4 Å². The van der Waals surface area contributed by atoms with Gasteiger partial charge in [-0.2, -0.15) is 0 Å². The minimum atomic E-state index is -0.635. The highest BCUT2D eigenvalue weighted by Gasteiger charge is 2.64. The van der Waals surface area contributed by atoms with Crippen molar-refractivity contribution in [2.75, 3.05) is 13.2 Å². The van der Waals surface area contributed by atoms with Crippen molar-refractivity contribution < 1.29 is 24.5 Å². The number of aliphatic hydroxyl groups excluding tert-OH is 2. The molecular formula is C17H26O5. The number of ether oxygens (including phenoxy) is 2. The molecule has 0 radical (unpaired) electrons. The molecule has 0 saturated heterocycles. The Bertz CT molecular complexity index is 437. The molecule has 0 aliphatic heterocycles. The maximum atomic E-state index is 10.9. The molecule has 0 aromatic carbocycles. The van der Waals surface area contributed by atoms with E-state index in [2.05, 4.69) is 6.58 Å². The van der Waals surface area contributed by atoms with Gasteiger partial charge in [0, 0.05) is 18.6 Å². The van der Waals surface area contributed by atoms with Crippen LogP contribution in [-0.4, -0.2) is 47.2 Å². The minimum absolute atomic E-state index is 0.0971. The Morgan fingerprint density at radius 1 is 1.32 bits per heavy atom. The molecule has 3 fully saturated rings. The summed E-state index contributed by atoms with van der Waals surface area (Å²) in [7, 11) is 0. The van der Waals surface area contributed by atoms with E-state index < -0.39 is 12.2 Å². The summed E-state index contributed by atoms with van der Waals surface area (Å²) >= 11 is 0. The lowest BCUT2D eigenvalue weighted by Gasteiger charge is -2.37. The molecular weight excluding hydrogens is 284 g/mol. The van der Waals surface area contributed by atoms with E-state index in [1.807, 2.05) is 0 Å². The number of hydrogen-bond donors (Lipinski definition) is 2. The van der Waals surface area contributed by atoms with E-state index in [1.54, 1.807) is 0 Å². The summed E-state index contributed by atoms with van der Waals surface area (Å²) in [4.78, 5) is 10.9. The third-order valence-electron chi connectivity index (χ3n) is 5.84. The second-order valence-corrected chi connectivity index (χ2v) is 6.98. The third-order valence-corrected chi connectivity index (χ3v) is 5.84. The van der Waals surface area contributed by atoms with Gasteiger partial charge in [-0.1, -0.05) is 6.58 Å². The number of hydrogen-bond acceptors (Lipinski definition) is 5. The van der Waals surface area contributed by atoms with E-state index in [1.165, 1.54) is 6.08 Å². The van der Waals surface area contributed by atoms with Gasteiger partial charge in [-0.15, -0.1) is 0 Å². The van der Waals surface area contributed by atoms with Gasteiger partial charge >= 0.3 is 5.97 Å². The molecule has 0 spiro atoms. The minimum Gasteiger partial charge on any atom is -0.463 e. The molecule has 0 heterocycles. The predicted octanol–water partition coefficient (Wildman–Crippen LogP) is 1.42. The van der Waals surface area contributed by atoms with Crippen LogP contribution < -0.4 is 0 Å². The fourth-order valence-electron chi connectivity index (χ4n) is 4.93. The molecule has 0 aromatic heterocycles. The molecule has 5 heteroatoms. The smallest absolute Gasteiger partial charge is 0.330 e. The van der Waals surface area contributed by atoms with Gasteiger partial charge in [-0.3, -0.25) is 0 Å². The lowest BCUT2D eigenvalue weighted by Crippen LogP contribution is -2.44. The van der Waals surface area contributed by atoms with Crippen molar-refractivity contribution >= 4 is 5.97 Å². The van der Waals surface area contributed by atoms with Crippen LogP contribution in [0.4, 0.5) is 0 Å². The lowest BCUT2D eigenvalue weighted by molar-refractivity contribution is -0.138. The van der Waals surface area contributed by atoms with Gasteiger partial charge in [0.2, 0.25) is 0 Å². The Morgan fingerprint density at radius 2 is 2.09 bits per heavy atom. The molecule has 3 saturated carbocycles. The second kappa shape index (κ2) is 6.30. The molecule has 2 N–H and O–H groups in total. The van der Waals surface area contributed by atoms with Crippen LogP contribution in [0.1, 0.15) is 38.5 Å². The number of carbonyl (C=O) groups excluding carboxylic acids is 1. The SMILES string of the molecule is C=CC(=O)OCCCCOC12CCC(C1)C1CC(O)C(O)C12. The summed E-state index contributed by atoms with van der Waals surface area (Å²) in [5, 5.41) is 20.2. The second-order valence-electron chi connectivity index (χ2n) is 6.98. The molecule has 6 atom stereocenters. The lowest BCUT2D eigenvalue weighted by atomic mass is 9.78. The van der Waals surface area contributed by atoms with Crippen LogP contribution in [0, 0.1) is 17.8 Å². The van der Waals surface area contributed by atoms with Gasteiger partial charge in [0.25, 0.3) is 0 Å². The summed E-state index contributed by atoms with van der Waals surface area (Å²) in [5.41, 5.74) is -0.232. The number of fused-ring (bicyclic) bond motifs is 5. The number of aliphatic hydroxyl groups is 2. The van der Waals surface area contributed by atoms with Gasteiger partial charge < -0.3 is 19.7 Å². The Hall–Kier alpha value is -0.910. The highest BCUT2D eigenvalue weighted by Crippen LogP contribution is 2.62. The van der Waals surface area contributed by atoms with Crippen molar-refractivity contribution in [2.24, 2.45) is 17.8 Å². The van der Waals surface area contributed by atoms with Crippen LogP contribution in [0.5, 0.6) is 0 Å². The molecule has 5 nitrogen and oxygen atoms in total. The largest absolute Gasteiger partial charge is 0.463 e. The van der Waals surface area contributed by atoms with Crippen molar-refractivity contribution in [3.05, 3.63) is 12.7 Å². The quantitative estimate of drug-likeness (QED) is 0.422. The van der Waals surface area contributed by atoms with Crippen LogP contribution in [0.3, 0.4) is 0 Å². The zero-order valence-corrected chi connectivity index (χ0v) is 12.9. The van der Waals surface area contributed by atoms with Crippen LogP contribution in [-0.2, 0) is 14.3 Å². The number of carbonyl (C=O) groups is 1.